The number of alkyl halides is 3. The summed E-state index contributed by atoms with van der Waals surface area (Å²) in [5, 5.41) is 19.5. The van der Waals surface area contributed by atoms with E-state index < -0.39 is 13.0 Å². The normalized spacial score (nSPS) is 12.0. The van der Waals surface area contributed by atoms with Gasteiger partial charge in [0.05, 0.1) is 19.8 Å². The number of rotatable bonds is 6. The van der Waals surface area contributed by atoms with Gasteiger partial charge in [0.15, 0.2) is 0 Å². The molecule has 0 radical (unpaired) electrons. The third-order valence-electron chi connectivity index (χ3n) is 1.39. The molecule has 0 amide bonds. The third-order valence-corrected chi connectivity index (χ3v) is 2.31. The smallest absolute Gasteiger partial charge is 0.394 e. The van der Waals surface area contributed by atoms with E-state index in [0.29, 0.717) is 5.16 Å². The molecule has 6 nitrogen and oxygen atoms in total. The highest BCUT2D eigenvalue weighted by Gasteiger charge is 2.28. The molecule has 1 N–H and O–H groups in total. The predicted octanol–water partition coefficient (Wildman–Crippen LogP) is 0.294. The average molecular weight is 258 g/mol. The van der Waals surface area contributed by atoms with Crippen molar-refractivity contribution in [2.75, 3.05) is 19.0 Å². The first kappa shape index (κ1) is 13.2. The number of tetrazole rings is 1. The molecule has 0 saturated heterocycles. The van der Waals surface area contributed by atoms with Gasteiger partial charge < -0.3 is 5.11 Å². The van der Waals surface area contributed by atoms with E-state index in [4.69, 9.17) is 5.11 Å². The minimum absolute atomic E-state index is 0.0747. The Labute approximate surface area is 92.8 Å². The molecule has 0 atom stereocenters. The molecule has 1 aromatic heterocycles. The van der Waals surface area contributed by atoms with Crippen molar-refractivity contribution in [3.8, 4) is 0 Å². The SMILES string of the molecule is OCCn1nnnc1SCCOC(F)(F)F. The van der Waals surface area contributed by atoms with Gasteiger partial charge in [0, 0.05) is 5.75 Å². The monoisotopic (exact) mass is 258 g/mol. The zero-order valence-corrected chi connectivity index (χ0v) is 8.83. The van der Waals surface area contributed by atoms with Gasteiger partial charge in [-0.05, 0) is 10.4 Å². The number of hydrogen-bond acceptors (Lipinski definition) is 6. The van der Waals surface area contributed by atoms with E-state index in [1.54, 1.807) is 0 Å². The molecule has 0 spiro atoms. The zero-order valence-electron chi connectivity index (χ0n) is 8.01. The van der Waals surface area contributed by atoms with Crippen molar-refractivity contribution in [3.05, 3.63) is 0 Å². The molecule has 1 rings (SSSR count). The topological polar surface area (TPSA) is 73.1 Å². The minimum atomic E-state index is -4.61. The first-order valence-corrected chi connectivity index (χ1v) is 5.22. The van der Waals surface area contributed by atoms with Crippen molar-refractivity contribution < 1.29 is 23.0 Å². The van der Waals surface area contributed by atoms with Crippen molar-refractivity contribution in [2.45, 2.75) is 18.1 Å². The van der Waals surface area contributed by atoms with E-state index in [2.05, 4.69) is 20.3 Å². The Morgan fingerprint density at radius 1 is 1.44 bits per heavy atom. The second-order valence-corrected chi connectivity index (χ2v) is 3.61. The third kappa shape index (κ3) is 4.77. The molecule has 16 heavy (non-hydrogen) atoms. The van der Waals surface area contributed by atoms with Crippen LogP contribution in [0.5, 0.6) is 0 Å². The second-order valence-electron chi connectivity index (χ2n) is 2.55. The number of hydrogen-bond donors (Lipinski definition) is 1. The van der Waals surface area contributed by atoms with Crippen LogP contribution in [0.15, 0.2) is 5.16 Å². The van der Waals surface area contributed by atoms with Crippen LogP contribution in [-0.2, 0) is 11.3 Å². The summed E-state index contributed by atoms with van der Waals surface area (Å²) in [4.78, 5) is 0. The largest absolute Gasteiger partial charge is 0.522 e. The Hall–Kier alpha value is -0.870. The van der Waals surface area contributed by atoms with E-state index in [0.717, 1.165) is 11.8 Å². The molecule has 10 heteroatoms. The highest BCUT2D eigenvalue weighted by molar-refractivity contribution is 7.99. The van der Waals surface area contributed by atoms with Crippen LogP contribution >= 0.6 is 11.8 Å². The van der Waals surface area contributed by atoms with E-state index in [9.17, 15) is 13.2 Å². The van der Waals surface area contributed by atoms with Gasteiger partial charge in [0.2, 0.25) is 5.16 Å². The van der Waals surface area contributed by atoms with Crippen molar-refractivity contribution in [1.29, 1.82) is 0 Å². The van der Waals surface area contributed by atoms with Crippen molar-refractivity contribution in [3.63, 3.8) is 0 Å². The van der Waals surface area contributed by atoms with E-state index in [1.165, 1.54) is 4.68 Å². The lowest BCUT2D eigenvalue weighted by molar-refractivity contribution is -0.322. The highest BCUT2D eigenvalue weighted by Crippen LogP contribution is 2.18. The molecule has 1 heterocycles. The molecule has 0 aliphatic carbocycles. The summed E-state index contributed by atoms with van der Waals surface area (Å²) in [6, 6.07) is 0. The van der Waals surface area contributed by atoms with Crippen molar-refractivity contribution in [1.82, 2.24) is 20.2 Å². The Kier molecular flexibility index (Phi) is 4.96. The van der Waals surface area contributed by atoms with Gasteiger partial charge in [-0.3, -0.25) is 4.74 Å². The van der Waals surface area contributed by atoms with Crippen molar-refractivity contribution >= 4 is 11.8 Å². The minimum Gasteiger partial charge on any atom is -0.394 e. The molecular formula is C6H9F3N4O2S. The second kappa shape index (κ2) is 6.01. The first-order valence-electron chi connectivity index (χ1n) is 4.23. The van der Waals surface area contributed by atoms with Crippen LogP contribution < -0.4 is 0 Å². The number of halogens is 3. The maximum Gasteiger partial charge on any atom is 0.522 e. The van der Waals surface area contributed by atoms with Crippen LogP contribution in [0, 0.1) is 0 Å². The van der Waals surface area contributed by atoms with Gasteiger partial charge >= 0.3 is 6.36 Å². The molecule has 0 unspecified atom stereocenters. The molecule has 0 aromatic carbocycles. The van der Waals surface area contributed by atoms with E-state index >= 15 is 0 Å². The van der Waals surface area contributed by atoms with Gasteiger partial charge in [-0.1, -0.05) is 11.8 Å². The molecule has 0 aliphatic heterocycles. The molecule has 0 saturated carbocycles. The molecule has 0 bridgehead atoms. The first-order chi connectivity index (χ1) is 7.53. The quantitative estimate of drug-likeness (QED) is 0.584. The lowest BCUT2D eigenvalue weighted by Crippen LogP contribution is -2.15. The summed E-state index contributed by atoms with van der Waals surface area (Å²) in [5.74, 6) is 0.0747. The fraction of sp³-hybridized carbons (Fsp3) is 0.833. The number of nitrogens with zero attached hydrogens (tertiary/aromatic N) is 4. The van der Waals surface area contributed by atoms with Crippen LogP contribution in [0.25, 0.3) is 0 Å². The maximum absolute atomic E-state index is 11.6. The van der Waals surface area contributed by atoms with Crippen LogP contribution in [-0.4, -0.2) is 50.6 Å². The van der Waals surface area contributed by atoms with Gasteiger partial charge in [0.1, 0.15) is 0 Å². The number of aromatic nitrogens is 4. The van der Waals surface area contributed by atoms with Crippen molar-refractivity contribution in [2.24, 2.45) is 0 Å². The molecule has 0 aliphatic rings. The lowest BCUT2D eigenvalue weighted by atomic mass is 10.7. The Morgan fingerprint density at radius 2 is 2.19 bits per heavy atom. The number of aliphatic hydroxyl groups excluding tert-OH is 1. The van der Waals surface area contributed by atoms with Gasteiger partial charge in [0.25, 0.3) is 0 Å². The van der Waals surface area contributed by atoms with Crippen LogP contribution in [0.4, 0.5) is 13.2 Å². The summed E-state index contributed by atoms with van der Waals surface area (Å²) < 4.78 is 39.7. The van der Waals surface area contributed by atoms with Crippen LogP contribution in [0.3, 0.4) is 0 Å². The van der Waals surface area contributed by atoms with E-state index in [-0.39, 0.29) is 18.9 Å². The Morgan fingerprint density at radius 3 is 2.81 bits per heavy atom. The van der Waals surface area contributed by atoms with Gasteiger partial charge in [-0.25, -0.2) is 4.68 Å². The summed E-state index contributed by atoms with van der Waals surface area (Å²) >= 11 is 1.03. The summed E-state index contributed by atoms with van der Waals surface area (Å²) in [5.41, 5.74) is 0. The molecular weight excluding hydrogens is 249 g/mol. The summed E-state index contributed by atoms with van der Waals surface area (Å²) in [6.07, 6.45) is -4.61. The van der Waals surface area contributed by atoms with Gasteiger partial charge in [-0.2, -0.15) is 0 Å². The molecule has 0 fully saturated rings. The highest BCUT2D eigenvalue weighted by atomic mass is 32.2. The number of aliphatic hydroxyl groups is 1. The molecule has 92 valence electrons. The van der Waals surface area contributed by atoms with E-state index in [1.807, 2.05) is 0 Å². The Bertz CT molecular complexity index is 319. The standard InChI is InChI=1S/C6H9F3N4O2S/c7-6(8,9)15-3-4-16-5-10-11-12-13(5)1-2-14/h14H,1-4H2. The fourth-order valence-electron chi connectivity index (χ4n) is 0.825. The average Bonchev–Trinajstić information content (AvgIpc) is 2.60. The van der Waals surface area contributed by atoms with Gasteiger partial charge in [-0.15, -0.1) is 18.3 Å². The van der Waals surface area contributed by atoms with Crippen LogP contribution in [0.2, 0.25) is 0 Å². The van der Waals surface area contributed by atoms with Crippen LogP contribution in [0.1, 0.15) is 0 Å². The number of ether oxygens (including phenoxy) is 1. The summed E-state index contributed by atoms with van der Waals surface area (Å²) in [7, 11) is 0. The Balaban J connectivity index is 2.29. The zero-order chi connectivity index (χ0) is 12.0. The maximum atomic E-state index is 11.6. The fourth-order valence-corrected chi connectivity index (χ4v) is 1.55. The number of thioether (sulfide) groups is 1. The lowest BCUT2D eigenvalue weighted by Gasteiger charge is -2.06. The summed E-state index contributed by atoms with van der Waals surface area (Å²) in [6.45, 7) is -0.409. The predicted molar refractivity (Wildman–Crippen MR) is 47.6 cm³/mol. The molecule has 1 aromatic rings.